The maximum absolute atomic E-state index is 12.6. The van der Waals surface area contributed by atoms with Crippen molar-refractivity contribution in [3.05, 3.63) is 69.2 Å². The molecule has 0 aliphatic heterocycles. The normalized spacial score (nSPS) is 11.5. The van der Waals surface area contributed by atoms with Gasteiger partial charge in [0.1, 0.15) is 0 Å². The molecule has 0 spiro atoms. The Balaban J connectivity index is 2.21. The van der Waals surface area contributed by atoms with E-state index in [9.17, 15) is 18.0 Å². The van der Waals surface area contributed by atoms with Crippen LogP contribution in [0, 0.1) is 0 Å². The highest BCUT2D eigenvalue weighted by molar-refractivity contribution is 6.42. The van der Waals surface area contributed by atoms with Gasteiger partial charge in [-0.1, -0.05) is 41.4 Å². The van der Waals surface area contributed by atoms with Gasteiger partial charge in [0.15, 0.2) is 5.78 Å². The number of Topliss-reactive ketones (excluding diaryl/α,β-unsaturated/α-hetero) is 1. The minimum atomic E-state index is -4.43. The second-order valence-corrected chi connectivity index (χ2v) is 5.24. The van der Waals surface area contributed by atoms with Crippen molar-refractivity contribution in [2.45, 2.75) is 12.6 Å². The Morgan fingerprint density at radius 2 is 1.71 bits per heavy atom. The lowest BCUT2D eigenvalue weighted by Crippen LogP contribution is -2.08. The van der Waals surface area contributed by atoms with Gasteiger partial charge < -0.3 is 0 Å². The number of carbonyl (C=O) groups is 1. The van der Waals surface area contributed by atoms with E-state index in [2.05, 4.69) is 0 Å². The minimum absolute atomic E-state index is 0.137. The molecule has 0 N–H and O–H groups in total. The van der Waals surface area contributed by atoms with Crippen LogP contribution in [0.4, 0.5) is 13.2 Å². The molecule has 0 atom stereocenters. The molecule has 0 saturated carbocycles. The minimum Gasteiger partial charge on any atom is -0.294 e. The van der Waals surface area contributed by atoms with Gasteiger partial charge in [0.25, 0.3) is 0 Å². The summed E-state index contributed by atoms with van der Waals surface area (Å²) in [5, 5.41) is 0.541. The molecule has 6 heteroatoms. The Bertz CT molecular complexity index is 681. The van der Waals surface area contributed by atoms with Crippen molar-refractivity contribution in [2.75, 3.05) is 0 Å². The van der Waals surface area contributed by atoms with E-state index in [1.54, 1.807) is 0 Å². The van der Waals surface area contributed by atoms with Crippen molar-refractivity contribution in [3.63, 3.8) is 0 Å². The maximum atomic E-state index is 12.6. The second kappa shape index (κ2) is 6.08. The van der Waals surface area contributed by atoms with E-state index >= 15 is 0 Å². The first kappa shape index (κ1) is 15.9. The van der Waals surface area contributed by atoms with Gasteiger partial charge in [0.2, 0.25) is 0 Å². The van der Waals surface area contributed by atoms with Gasteiger partial charge in [-0.05, 0) is 29.8 Å². The summed E-state index contributed by atoms with van der Waals surface area (Å²) >= 11 is 11.6. The monoisotopic (exact) mass is 332 g/mol. The van der Waals surface area contributed by atoms with E-state index in [1.165, 1.54) is 30.3 Å². The number of hydrogen-bond donors (Lipinski definition) is 0. The zero-order valence-electron chi connectivity index (χ0n) is 10.5. The van der Waals surface area contributed by atoms with Crippen LogP contribution in [0.2, 0.25) is 10.0 Å². The van der Waals surface area contributed by atoms with E-state index < -0.39 is 11.7 Å². The van der Waals surface area contributed by atoms with E-state index in [0.29, 0.717) is 16.1 Å². The van der Waals surface area contributed by atoms with Crippen LogP contribution < -0.4 is 0 Å². The number of halogens is 5. The smallest absolute Gasteiger partial charge is 0.294 e. The van der Waals surface area contributed by atoms with E-state index in [-0.39, 0.29) is 17.2 Å². The molecule has 1 nitrogen and oxygen atoms in total. The summed E-state index contributed by atoms with van der Waals surface area (Å²) in [6.07, 6.45) is -4.56. The van der Waals surface area contributed by atoms with Gasteiger partial charge in [-0.25, -0.2) is 0 Å². The lowest BCUT2D eigenvalue weighted by Gasteiger charge is -2.08. The number of hydrogen-bond acceptors (Lipinski definition) is 1. The van der Waals surface area contributed by atoms with Crippen molar-refractivity contribution in [2.24, 2.45) is 0 Å². The first-order valence-corrected chi connectivity index (χ1v) is 6.67. The van der Waals surface area contributed by atoms with Crippen molar-refractivity contribution in [1.82, 2.24) is 0 Å². The molecule has 21 heavy (non-hydrogen) atoms. The summed E-state index contributed by atoms with van der Waals surface area (Å²) < 4.78 is 37.8. The highest BCUT2D eigenvalue weighted by atomic mass is 35.5. The summed E-state index contributed by atoms with van der Waals surface area (Å²) in [6.45, 7) is 0. The molecule has 0 amide bonds. The maximum Gasteiger partial charge on any atom is 0.416 e. The van der Waals surface area contributed by atoms with Gasteiger partial charge in [-0.15, -0.1) is 0 Å². The number of ketones is 1. The third-order valence-electron chi connectivity index (χ3n) is 2.86. The van der Waals surface area contributed by atoms with Gasteiger partial charge in [-0.2, -0.15) is 13.2 Å². The van der Waals surface area contributed by atoms with Crippen LogP contribution in [0.25, 0.3) is 0 Å². The number of carbonyl (C=O) groups excluding carboxylic acids is 1. The second-order valence-electron chi connectivity index (χ2n) is 4.43. The molecule has 0 aliphatic carbocycles. The lowest BCUT2D eigenvalue weighted by atomic mass is 10.0. The van der Waals surface area contributed by atoms with Crippen molar-refractivity contribution < 1.29 is 18.0 Å². The summed E-state index contributed by atoms with van der Waals surface area (Å²) in [5.41, 5.74) is -0.176. The van der Waals surface area contributed by atoms with Crippen molar-refractivity contribution >= 4 is 29.0 Å². The summed E-state index contributed by atoms with van der Waals surface area (Å²) in [4.78, 5) is 12.1. The highest BCUT2D eigenvalue weighted by Gasteiger charge is 2.30. The van der Waals surface area contributed by atoms with E-state index in [4.69, 9.17) is 23.2 Å². The first-order valence-electron chi connectivity index (χ1n) is 5.92. The fourth-order valence-electron chi connectivity index (χ4n) is 1.81. The van der Waals surface area contributed by atoms with E-state index in [0.717, 1.165) is 12.1 Å². The Labute approximate surface area is 129 Å². The Kier molecular flexibility index (Phi) is 4.59. The van der Waals surface area contributed by atoms with Gasteiger partial charge >= 0.3 is 6.18 Å². The predicted molar refractivity (Wildman–Crippen MR) is 75.9 cm³/mol. The summed E-state index contributed by atoms with van der Waals surface area (Å²) in [7, 11) is 0. The molecule has 0 unspecified atom stereocenters. The molecule has 2 rings (SSSR count). The molecule has 0 bridgehead atoms. The summed E-state index contributed by atoms with van der Waals surface area (Å²) in [6, 6.07) is 9.06. The molecular weight excluding hydrogens is 324 g/mol. The van der Waals surface area contributed by atoms with Crippen LogP contribution in [0.15, 0.2) is 42.5 Å². The fraction of sp³-hybridized carbons (Fsp3) is 0.133. The molecule has 0 saturated heterocycles. The zero-order valence-corrected chi connectivity index (χ0v) is 12.1. The lowest BCUT2D eigenvalue weighted by molar-refractivity contribution is -0.137. The summed E-state index contributed by atoms with van der Waals surface area (Å²) in [5.74, 6) is -0.326. The van der Waals surface area contributed by atoms with Gasteiger partial charge in [-0.3, -0.25) is 4.79 Å². The topological polar surface area (TPSA) is 17.1 Å². The fourth-order valence-corrected chi connectivity index (χ4v) is 2.11. The standard InChI is InChI=1S/C15H9Cl2F3O/c16-12-5-4-10(8-13(12)17)14(21)7-9-2-1-3-11(6-9)15(18,19)20/h1-6,8H,7H2. The average molecular weight is 333 g/mol. The first-order chi connectivity index (χ1) is 9.77. The molecule has 0 fully saturated rings. The zero-order chi connectivity index (χ0) is 15.6. The van der Waals surface area contributed by atoms with Crippen molar-refractivity contribution in [3.8, 4) is 0 Å². The average Bonchev–Trinajstić information content (AvgIpc) is 2.41. The van der Waals surface area contributed by atoms with Crippen LogP contribution in [-0.4, -0.2) is 5.78 Å². The highest BCUT2D eigenvalue weighted by Crippen LogP contribution is 2.30. The van der Waals surface area contributed by atoms with Crippen molar-refractivity contribution in [1.29, 1.82) is 0 Å². The quantitative estimate of drug-likeness (QED) is 0.684. The third kappa shape index (κ3) is 3.99. The molecule has 0 heterocycles. The molecular formula is C15H9Cl2F3O. The number of rotatable bonds is 3. The van der Waals surface area contributed by atoms with E-state index in [1.807, 2.05) is 0 Å². The van der Waals surface area contributed by atoms with Gasteiger partial charge in [0, 0.05) is 12.0 Å². The number of alkyl halides is 3. The van der Waals surface area contributed by atoms with Crippen LogP contribution in [-0.2, 0) is 12.6 Å². The third-order valence-corrected chi connectivity index (χ3v) is 3.60. The molecule has 110 valence electrons. The SMILES string of the molecule is O=C(Cc1cccc(C(F)(F)F)c1)c1ccc(Cl)c(Cl)c1. The Morgan fingerprint density at radius 3 is 2.33 bits per heavy atom. The Hall–Kier alpha value is -1.52. The Morgan fingerprint density at radius 1 is 1.00 bits per heavy atom. The largest absolute Gasteiger partial charge is 0.416 e. The van der Waals surface area contributed by atoms with Crippen LogP contribution in [0.1, 0.15) is 21.5 Å². The molecule has 0 aliphatic rings. The number of benzene rings is 2. The molecule has 2 aromatic rings. The molecule has 0 radical (unpaired) electrons. The predicted octanol–water partition coefficient (Wildman–Crippen LogP) is 5.44. The van der Waals surface area contributed by atoms with Crippen LogP contribution >= 0.6 is 23.2 Å². The molecule has 2 aromatic carbocycles. The molecule has 0 aromatic heterocycles. The van der Waals surface area contributed by atoms with Gasteiger partial charge in [0.05, 0.1) is 15.6 Å². The van der Waals surface area contributed by atoms with Crippen LogP contribution in [0.3, 0.4) is 0 Å². The van der Waals surface area contributed by atoms with Crippen LogP contribution in [0.5, 0.6) is 0 Å².